The molecule has 5 nitrogen and oxygen atoms in total. The first-order valence-electron chi connectivity index (χ1n) is 8.02. The van der Waals surface area contributed by atoms with Gasteiger partial charge in [0, 0.05) is 36.0 Å². The van der Waals surface area contributed by atoms with Crippen molar-refractivity contribution in [3.05, 3.63) is 34.7 Å². The Balaban J connectivity index is 2.38. The predicted octanol–water partition coefficient (Wildman–Crippen LogP) is 4.30. The van der Waals surface area contributed by atoms with Gasteiger partial charge in [0.1, 0.15) is 15.0 Å². The van der Waals surface area contributed by atoms with Crippen LogP contribution in [0.1, 0.15) is 39.7 Å². The van der Waals surface area contributed by atoms with Gasteiger partial charge >= 0.3 is 0 Å². The number of rotatable bonds is 6. The Morgan fingerprint density at radius 3 is 2.52 bits per heavy atom. The van der Waals surface area contributed by atoms with Crippen LogP contribution in [0.5, 0.6) is 5.88 Å². The molecule has 0 saturated heterocycles. The van der Waals surface area contributed by atoms with Gasteiger partial charge in [-0.3, -0.25) is 0 Å². The first-order chi connectivity index (χ1) is 11.6. The van der Waals surface area contributed by atoms with Crippen molar-refractivity contribution < 1.29 is 13.2 Å². The van der Waals surface area contributed by atoms with Gasteiger partial charge in [-0.05, 0) is 33.8 Å². The maximum absolute atomic E-state index is 11.6. The SMILES string of the molecule is CC(C)=Cc1cnc(OC(C)CC(C)S(C)(=O)=O)c2cnc(Cl)cc12. The van der Waals surface area contributed by atoms with E-state index in [1.54, 1.807) is 25.4 Å². The second-order valence-corrected chi connectivity index (χ2v) is 9.45. The average Bonchev–Trinajstić information content (AvgIpc) is 2.48. The molecule has 0 bridgehead atoms. The molecule has 0 aliphatic heterocycles. The van der Waals surface area contributed by atoms with E-state index < -0.39 is 15.1 Å². The monoisotopic (exact) mass is 382 g/mol. The minimum atomic E-state index is -3.10. The number of allylic oxidation sites excluding steroid dienone is 1. The van der Waals surface area contributed by atoms with E-state index in [0.29, 0.717) is 17.5 Å². The summed E-state index contributed by atoms with van der Waals surface area (Å²) < 4.78 is 29.1. The van der Waals surface area contributed by atoms with Gasteiger partial charge in [0.15, 0.2) is 0 Å². The number of nitrogens with zero attached hydrogens (tertiary/aromatic N) is 2. The molecule has 136 valence electrons. The normalized spacial score (nSPS) is 14.2. The molecule has 2 atom stereocenters. The standard InChI is InChI=1S/C18H23ClN2O3S/c1-11(2)6-14-9-21-18(16-10-20-17(19)8-15(14)16)24-12(3)7-13(4)25(5,22)23/h6,8-10,12-13H,7H2,1-5H3. The van der Waals surface area contributed by atoms with Crippen LogP contribution in [0.2, 0.25) is 5.15 Å². The van der Waals surface area contributed by atoms with Crippen LogP contribution in [-0.4, -0.2) is 36.0 Å². The number of halogens is 1. The second-order valence-electron chi connectivity index (χ2n) is 6.60. The first-order valence-corrected chi connectivity index (χ1v) is 10.4. The Morgan fingerprint density at radius 2 is 1.92 bits per heavy atom. The molecule has 0 aliphatic carbocycles. The fourth-order valence-corrected chi connectivity index (χ4v) is 3.29. The number of hydrogen-bond acceptors (Lipinski definition) is 5. The van der Waals surface area contributed by atoms with Gasteiger partial charge in [-0.2, -0.15) is 0 Å². The lowest BCUT2D eigenvalue weighted by atomic mass is 10.1. The van der Waals surface area contributed by atoms with Crippen molar-refractivity contribution in [2.75, 3.05) is 6.26 Å². The van der Waals surface area contributed by atoms with Crippen LogP contribution in [0.4, 0.5) is 0 Å². The van der Waals surface area contributed by atoms with Crippen LogP contribution in [0.15, 0.2) is 24.0 Å². The molecular formula is C18H23ClN2O3S. The van der Waals surface area contributed by atoms with Crippen molar-refractivity contribution in [2.24, 2.45) is 0 Å². The maximum Gasteiger partial charge on any atom is 0.223 e. The molecule has 2 heterocycles. The lowest BCUT2D eigenvalue weighted by Gasteiger charge is -2.18. The van der Waals surface area contributed by atoms with Gasteiger partial charge in [-0.1, -0.05) is 23.3 Å². The molecule has 0 aromatic carbocycles. The van der Waals surface area contributed by atoms with Crippen LogP contribution in [0, 0.1) is 0 Å². The zero-order valence-electron chi connectivity index (χ0n) is 15.1. The topological polar surface area (TPSA) is 69.2 Å². The lowest BCUT2D eigenvalue weighted by molar-refractivity contribution is 0.205. The molecule has 2 unspecified atom stereocenters. The third kappa shape index (κ3) is 5.16. The Kier molecular flexibility index (Phi) is 6.06. The van der Waals surface area contributed by atoms with E-state index in [1.807, 2.05) is 26.8 Å². The van der Waals surface area contributed by atoms with Gasteiger partial charge in [-0.15, -0.1) is 0 Å². The Bertz CT molecular complexity index is 906. The van der Waals surface area contributed by atoms with Gasteiger partial charge < -0.3 is 4.74 Å². The van der Waals surface area contributed by atoms with Gasteiger partial charge in [0.25, 0.3) is 0 Å². The lowest BCUT2D eigenvalue weighted by Crippen LogP contribution is -2.24. The summed E-state index contributed by atoms with van der Waals surface area (Å²) in [5, 5.41) is 1.56. The van der Waals surface area contributed by atoms with Crippen molar-refractivity contribution in [1.29, 1.82) is 0 Å². The molecule has 0 saturated carbocycles. The molecule has 0 radical (unpaired) electrons. The van der Waals surface area contributed by atoms with Crippen molar-refractivity contribution in [3.8, 4) is 5.88 Å². The quantitative estimate of drug-likeness (QED) is 0.697. The average molecular weight is 383 g/mol. The molecule has 0 fully saturated rings. The number of aromatic nitrogens is 2. The number of ether oxygens (including phenoxy) is 1. The highest BCUT2D eigenvalue weighted by atomic mass is 35.5. The summed E-state index contributed by atoms with van der Waals surface area (Å²) in [7, 11) is -3.10. The number of hydrogen-bond donors (Lipinski definition) is 0. The van der Waals surface area contributed by atoms with Crippen LogP contribution >= 0.6 is 11.6 Å². The van der Waals surface area contributed by atoms with Crippen LogP contribution < -0.4 is 4.74 Å². The third-order valence-corrected chi connectivity index (χ3v) is 5.75. The zero-order chi connectivity index (χ0) is 18.8. The largest absolute Gasteiger partial charge is 0.474 e. The Morgan fingerprint density at radius 1 is 1.24 bits per heavy atom. The Labute approximate surface area is 154 Å². The summed E-state index contributed by atoms with van der Waals surface area (Å²) in [5.41, 5.74) is 2.07. The highest BCUT2D eigenvalue weighted by Gasteiger charge is 2.20. The minimum absolute atomic E-state index is 0.301. The molecule has 2 rings (SSSR count). The van der Waals surface area contributed by atoms with E-state index in [2.05, 4.69) is 9.97 Å². The smallest absolute Gasteiger partial charge is 0.223 e. The number of fused-ring (bicyclic) bond motifs is 1. The first kappa shape index (κ1) is 19.7. The zero-order valence-corrected chi connectivity index (χ0v) is 16.6. The molecule has 2 aromatic rings. The van der Waals surface area contributed by atoms with Crippen LogP contribution in [0.3, 0.4) is 0 Å². The van der Waals surface area contributed by atoms with E-state index in [-0.39, 0.29) is 6.10 Å². The van der Waals surface area contributed by atoms with Crippen molar-refractivity contribution in [3.63, 3.8) is 0 Å². The van der Waals surface area contributed by atoms with Crippen molar-refractivity contribution in [1.82, 2.24) is 9.97 Å². The molecule has 0 spiro atoms. The molecule has 0 amide bonds. The van der Waals surface area contributed by atoms with Crippen molar-refractivity contribution in [2.45, 2.75) is 45.5 Å². The highest BCUT2D eigenvalue weighted by Crippen LogP contribution is 2.30. The molecular weight excluding hydrogens is 360 g/mol. The van der Waals surface area contributed by atoms with Crippen LogP contribution in [0.25, 0.3) is 16.8 Å². The third-order valence-electron chi connectivity index (χ3n) is 3.88. The molecule has 0 aliphatic rings. The van der Waals surface area contributed by atoms with Crippen LogP contribution in [-0.2, 0) is 9.84 Å². The maximum atomic E-state index is 11.6. The predicted molar refractivity (Wildman–Crippen MR) is 103 cm³/mol. The number of pyridine rings is 2. The summed E-state index contributed by atoms with van der Waals surface area (Å²) >= 11 is 6.04. The van der Waals surface area contributed by atoms with Gasteiger partial charge in [-0.25, -0.2) is 18.4 Å². The van der Waals surface area contributed by atoms with E-state index >= 15 is 0 Å². The summed E-state index contributed by atoms with van der Waals surface area (Å²) in [6.07, 6.45) is 6.70. The summed E-state index contributed by atoms with van der Waals surface area (Å²) in [4.78, 5) is 8.52. The fraction of sp³-hybridized carbons (Fsp3) is 0.444. The van der Waals surface area contributed by atoms with E-state index in [9.17, 15) is 8.42 Å². The summed E-state index contributed by atoms with van der Waals surface area (Å²) in [6, 6.07) is 1.78. The molecule has 2 aromatic heterocycles. The van der Waals surface area contributed by atoms with E-state index in [0.717, 1.165) is 21.9 Å². The minimum Gasteiger partial charge on any atom is -0.474 e. The van der Waals surface area contributed by atoms with Crippen molar-refractivity contribution >= 4 is 38.3 Å². The molecule has 25 heavy (non-hydrogen) atoms. The van der Waals surface area contributed by atoms with E-state index in [4.69, 9.17) is 16.3 Å². The van der Waals surface area contributed by atoms with E-state index in [1.165, 1.54) is 6.26 Å². The van der Waals surface area contributed by atoms with Gasteiger partial charge in [0.2, 0.25) is 5.88 Å². The Hall–Kier alpha value is -1.66. The highest BCUT2D eigenvalue weighted by molar-refractivity contribution is 7.91. The summed E-state index contributed by atoms with van der Waals surface area (Å²) in [6.45, 7) is 7.53. The molecule has 0 N–H and O–H groups in total. The second kappa shape index (κ2) is 7.70. The molecule has 7 heteroatoms. The summed E-state index contributed by atoms with van der Waals surface area (Å²) in [5.74, 6) is 0.429. The fourth-order valence-electron chi connectivity index (χ4n) is 2.51. The van der Waals surface area contributed by atoms with Gasteiger partial charge in [0.05, 0.1) is 16.7 Å². The number of sulfone groups is 1.